The molecule has 0 saturated heterocycles. The van der Waals surface area contributed by atoms with Crippen molar-refractivity contribution in [3.8, 4) is 11.8 Å². The highest BCUT2D eigenvalue weighted by Gasteiger charge is 2.33. The summed E-state index contributed by atoms with van der Waals surface area (Å²) in [4.78, 5) is 12.0. The van der Waals surface area contributed by atoms with Gasteiger partial charge in [0.25, 0.3) is 5.91 Å². The highest BCUT2D eigenvalue weighted by Crippen LogP contribution is 2.28. The Bertz CT molecular complexity index is 560. The lowest BCUT2D eigenvalue weighted by molar-refractivity contribution is -0.124. The van der Waals surface area contributed by atoms with Gasteiger partial charge in [0.1, 0.15) is 11.3 Å². The van der Waals surface area contributed by atoms with Crippen molar-refractivity contribution in [2.24, 2.45) is 0 Å². The zero-order valence-corrected chi connectivity index (χ0v) is 13.7. The van der Waals surface area contributed by atoms with Crippen LogP contribution in [0.3, 0.4) is 0 Å². The summed E-state index contributed by atoms with van der Waals surface area (Å²) < 4.78 is 6.34. The maximum absolute atomic E-state index is 12.0. The minimum Gasteiger partial charge on any atom is -0.483 e. The van der Waals surface area contributed by atoms with Crippen LogP contribution in [0.1, 0.15) is 37.7 Å². The predicted molar refractivity (Wildman–Crippen MR) is 83.9 cm³/mol. The van der Waals surface area contributed by atoms with Crippen molar-refractivity contribution in [1.82, 2.24) is 5.32 Å². The first kappa shape index (κ1) is 15.8. The molecule has 1 fully saturated rings. The van der Waals surface area contributed by atoms with Crippen molar-refractivity contribution in [2.45, 2.75) is 44.6 Å². The first-order valence-electron chi connectivity index (χ1n) is 7.16. The number of nitrogens with one attached hydrogen (secondary N) is 1. The molecule has 0 spiro atoms. The molecule has 1 aromatic rings. The van der Waals surface area contributed by atoms with E-state index in [0.717, 1.165) is 42.1 Å². The van der Waals surface area contributed by atoms with Crippen LogP contribution in [0.2, 0.25) is 0 Å². The Morgan fingerprint density at radius 1 is 1.43 bits per heavy atom. The Hall–Kier alpha value is -1.54. The molecular weight excluding hydrogens is 332 g/mol. The van der Waals surface area contributed by atoms with Crippen molar-refractivity contribution in [3.05, 3.63) is 28.2 Å². The molecule has 0 bridgehead atoms. The molecule has 1 N–H and O–H groups in total. The minimum atomic E-state index is -0.705. The highest BCUT2D eigenvalue weighted by atomic mass is 79.9. The third kappa shape index (κ3) is 4.21. The van der Waals surface area contributed by atoms with Crippen LogP contribution < -0.4 is 10.1 Å². The van der Waals surface area contributed by atoms with E-state index in [1.165, 1.54) is 0 Å². The van der Waals surface area contributed by atoms with Gasteiger partial charge in [0.15, 0.2) is 6.61 Å². The fraction of sp³-hybridized carbons (Fsp3) is 0.500. The van der Waals surface area contributed by atoms with E-state index in [2.05, 4.69) is 27.3 Å². The van der Waals surface area contributed by atoms with Gasteiger partial charge in [0.2, 0.25) is 0 Å². The molecule has 0 heterocycles. The second-order valence-corrected chi connectivity index (χ2v) is 6.38. The normalized spacial score (nSPS) is 16.8. The van der Waals surface area contributed by atoms with E-state index < -0.39 is 5.54 Å². The van der Waals surface area contributed by atoms with Gasteiger partial charge in [0, 0.05) is 0 Å². The maximum Gasteiger partial charge on any atom is 0.259 e. The average molecular weight is 351 g/mol. The molecule has 0 aliphatic heterocycles. The molecule has 0 radical (unpaired) electrons. The quantitative estimate of drug-likeness (QED) is 0.903. The molecule has 2 rings (SSSR count). The fourth-order valence-electron chi connectivity index (χ4n) is 2.59. The molecular formula is C16H19BrN2O2. The lowest BCUT2D eigenvalue weighted by atomic mass is 9.83. The van der Waals surface area contributed by atoms with Gasteiger partial charge in [-0.3, -0.25) is 4.79 Å². The largest absolute Gasteiger partial charge is 0.483 e. The van der Waals surface area contributed by atoms with Crippen molar-refractivity contribution < 1.29 is 9.53 Å². The molecule has 4 nitrogen and oxygen atoms in total. The van der Waals surface area contributed by atoms with E-state index in [1.54, 1.807) is 0 Å². The number of rotatable bonds is 4. The number of amides is 1. The summed E-state index contributed by atoms with van der Waals surface area (Å²) in [5.41, 5.74) is 0.410. The number of carbonyl (C=O) groups is 1. The van der Waals surface area contributed by atoms with Crippen LogP contribution in [0.4, 0.5) is 0 Å². The van der Waals surface area contributed by atoms with Crippen LogP contribution in [-0.4, -0.2) is 18.1 Å². The van der Waals surface area contributed by atoms with Gasteiger partial charge in [-0.1, -0.05) is 25.3 Å². The van der Waals surface area contributed by atoms with Crippen LogP contribution in [0.5, 0.6) is 5.75 Å². The highest BCUT2D eigenvalue weighted by molar-refractivity contribution is 9.10. The van der Waals surface area contributed by atoms with Gasteiger partial charge >= 0.3 is 0 Å². The Kier molecular flexibility index (Phi) is 5.24. The first-order valence-corrected chi connectivity index (χ1v) is 7.95. The molecule has 5 heteroatoms. The molecule has 1 aliphatic carbocycles. The van der Waals surface area contributed by atoms with Crippen LogP contribution in [-0.2, 0) is 4.79 Å². The molecule has 1 amide bonds. The second-order valence-electron chi connectivity index (χ2n) is 5.53. The van der Waals surface area contributed by atoms with Crippen molar-refractivity contribution in [1.29, 1.82) is 5.26 Å². The maximum atomic E-state index is 12.0. The first-order chi connectivity index (χ1) is 10.0. The average Bonchev–Trinajstić information content (AvgIpc) is 2.47. The van der Waals surface area contributed by atoms with Gasteiger partial charge in [-0.25, -0.2) is 0 Å². The number of aryl methyl sites for hydroxylation is 1. The van der Waals surface area contributed by atoms with E-state index in [9.17, 15) is 10.1 Å². The molecule has 1 aliphatic rings. The number of benzene rings is 1. The summed E-state index contributed by atoms with van der Waals surface area (Å²) in [6.07, 6.45) is 4.55. The third-order valence-corrected chi connectivity index (χ3v) is 4.37. The van der Waals surface area contributed by atoms with E-state index in [4.69, 9.17) is 4.74 Å². The third-order valence-electron chi connectivity index (χ3n) is 3.75. The zero-order chi connectivity index (χ0) is 15.3. The molecule has 0 atom stereocenters. The number of nitriles is 1. The summed E-state index contributed by atoms with van der Waals surface area (Å²) in [5.74, 6) is 0.385. The molecule has 1 saturated carbocycles. The van der Waals surface area contributed by atoms with E-state index in [-0.39, 0.29) is 12.5 Å². The Labute approximate surface area is 133 Å². The number of ether oxygens (including phenoxy) is 1. The van der Waals surface area contributed by atoms with Gasteiger partial charge < -0.3 is 10.1 Å². The van der Waals surface area contributed by atoms with Gasteiger partial charge in [-0.15, -0.1) is 0 Å². The van der Waals surface area contributed by atoms with Gasteiger partial charge in [0.05, 0.1) is 10.5 Å². The molecule has 0 aromatic heterocycles. The molecule has 0 unspecified atom stereocenters. The van der Waals surface area contributed by atoms with Crippen LogP contribution in [0, 0.1) is 18.3 Å². The lowest BCUT2D eigenvalue weighted by Gasteiger charge is -2.31. The number of hydrogen-bond acceptors (Lipinski definition) is 3. The monoisotopic (exact) mass is 350 g/mol. The molecule has 112 valence electrons. The van der Waals surface area contributed by atoms with Crippen molar-refractivity contribution in [3.63, 3.8) is 0 Å². The summed E-state index contributed by atoms with van der Waals surface area (Å²) >= 11 is 3.41. The van der Waals surface area contributed by atoms with Gasteiger partial charge in [-0.05, 0) is 53.4 Å². The van der Waals surface area contributed by atoms with Crippen molar-refractivity contribution >= 4 is 21.8 Å². The lowest BCUT2D eigenvalue weighted by Crippen LogP contribution is -2.50. The summed E-state index contributed by atoms with van der Waals surface area (Å²) in [5, 5.41) is 12.2. The van der Waals surface area contributed by atoms with E-state index in [1.807, 2.05) is 25.1 Å². The van der Waals surface area contributed by atoms with Crippen molar-refractivity contribution in [2.75, 3.05) is 6.61 Å². The van der Waals surface area contributed by atoms with E-state index >= 15 is 0 Å². The van der Waals surface area contributed by atoms with E-state index in [0.29, 0.717) is 5.75 Å². The standard InChI is InChI=1S/C16H19BrN2O2/c1-12-5-6-14(13(17)9-12)21-10-15(20)19-16(11-18)7-3-2-4-8-16/h5-6,9H,2-4,7-8,10H2,1H3,(H,19,20). The molecule has 21 heavy (non-hydrogen) atoms. The summed E-state index contributed by atoms with van der Waals surface area (Å²) in [6, 6.07) is 7.96. The van der Waals surface area contributed by atoms with Crippen LogP contribution in [0.15, 0.2) is 22.7 Å². The fourth-order valence-corrected chi connectivity index (χ4v) is 3.20. The Morgan fingerprint density at radius 3 is 2.76 bits per heavy atom. The van der Waals surface area contributed by atoms with Crippen LogP contribution >= 0.6 is 15.9 Å². The summed E-state index contributed by atoms with van der Waals surface area (Å²) in [6.45, 7) is 1.91. The smallest absolute Gasteiger partial charge is 0.259 e. The second kappa shape index (κ2) is 6.95. The Balaban J connectivity index is 1.91. The minimum absolute atomic E-state index is 0.0783. The SMILES string of the molecule is Cc1ccc(OCC(=O)NC2(C#N)CCCCC2)c(Br)c1. The van der Waals surface area contributed by atoms with Crippen LogP contribution in [0.25, 0.3) is 0 Å². The molecule has 1 aromatic carbocycles. The Morgan fingerprint density at radius 2 is 2.14 bits per heavy atom. The number of carbonyl (C=O) groups excluding carboxylic acids is 1. The topological polar surface area (TPSA) is 62.1 Å². The number of nitrogens with zero attached hydrogens (tertiary/aromatic N) is 1. The number of hydrogen-bond donors (Lipinski definition) is 1. The summed E-state index contributed by atoms with van der Waals surface area (Å²) in [7, 11) is 0. The van der Waals surface area contributed by atoms with Gasteiger partial charge in [-0.2, -0.15) is 5.26 Å². The predicted octanol–water partition coefficient (Wildman–Crippen LogP) is 3.48. The number of halogens is 1. The zero-order valence-electron chi connectivity index (χ0n) is 12.1.